The molecule has 4 rings (SSSR count). The molecule has 0 saturated carbocycles. The summed E-state index contributed by atoms with van der Waals surface area (Å²) in [5.74, 6) is 2.09. The summed E-state index contributed by atoms with van der Waals surface area (Å²) in [7, 11) is 1.65. The molecule has 0 aliphatic carbocycles. The van der Waals surface area contributed by atoms with Crippen LogP contribution in [0.1, 0.15) is 11.3 Å². The van der Waals surface area contributed by atoms with Gasteiger partial charge in [0.1, 0.15) is 11.6 Å². The van der Waals surface area contributed by atoms with Gasteiger partial charge in [0.25, 0.3) is 0 Å². The van der Waals surface area contributed by atoms with E-state index in [-0.39, 0.29) is 0 Å². The van der Waals surface area contributed by atoms with E-state index in [1.165, 1.54) is 0 Å². The lowest BCUT2D eigenvalue weighted by Crippen LogP contribution is -1.98. The average molecular weight is 355 g/mol. The number of hydrogen-bond acceptors (Lipinski definition) is 5. The van der Waals surface area contributed by atoms with Crippen molar-refractivity contribution in [2.24, 2.45) is 0 Å². The Balaban J connectivity index is 1.93. The second-order valence-electron chi connectivity index (χ2n) is 6.17. The highest BCUT2D eigenvalue weighted by Crippen LogP contribution is 2.35. The number of ether oxygens (including phenoxy) is 1. The Morgan fingerprint density at radius 2 is 1.89 bits per heavy atom. The van der Waals surface area contributed by atoms with Gasteiger partial charge in [0.05, 0.1) is 24.4 Å². The molecule has 2 N–H and O–H groups in total. The van der Waals surface area contributed by atoms with Crippen LogP contribution < -0.4 is 10.1 Å². The van der Waals surface area contributed by atoms with E-state index in [1.807, 2.05) is 55.5 Å². The topological polar surface area (TPSA) is 86.6 Å². The quantitative estimate of drug-likeness (QED) is 0.560. The second kappa shape index (κ2) is 6.81. The Kier molecular flexibility index (Phi) is 4.19. The molecule has 0 amide bonds. The lowest BCUT2D eigenvalue weighted by Gasteiger charge is -2.13. The fourth-order valence-electron chi connectivity index (χ4n) is 3.06. The summed E-state index contributed by atoms with van der Waals surface area (Å²) in [6.07, 6.45) is 0. The Bertz CT molecular complexity index is 1170. The van der Waals surface area contributed by atoms with E-state index < -0.39 is 0 Å². The number of nitrogens with one attached hydrogen (secondary N) is 2. The molecule has 0 atom stereocenters. The number of nitriles is 1. The van der Waals surface area contributed by atoms with Crippen molar-refractivity contribution in [1.29, 1.82) is 5.26 Å². The molecule has 0 fully saturated rings. The average Bonchev–Trinajstić information content (AvgIpc) is 3.11. The van der Waals surface area contributed by atoms with Crippen LogP contribution in [-0.4, -0.2) is 22.3 Å². The van der Waals surface area contributed by atoms with E-state index in [4.69, 9.17) is 9.72 Å². The first-order valence-corrected chi connectivity index (χ1v) is 8.45. The number of benzene rings is 2. The fourth-order valence-corrected chi connectivity index (χ4v) is 3.06. The van der Waals surface area contributed by atoms with Crippen LogP contribution in [0, 0.1) is 18.3 Å². The first kappa shape index (κ1) is 16.6. The van der Waals surface area contributed by atoms with Gasteiger partial charge < -0.3 is 10.1 Å². The van der Waals surface area contributed by atoms with Crippen LogP contribution in [0.2, 0.25) is 0 Å². The van der Waals surface area contributed by atoms with E-state index in [1.54, 1.807) is 13.2 Å². The van der Waals surface area contributed by atoms with E-state index >= 15 is 0 Å². The summed E-state index contributed by atoms with van der Waals surface area (Å²) in [6, 6.07) is 19.3. The predicted molar refractivity (Wildman–Crippen MR) is 105 cm³/mol. The van der Waals surface area contributed by atoms with Gasteiger partial charge in [-0.2, -0.15) is 10.4 Å². The molecule has 132 valence electrons. The van der Waals surface area contributed by atoms with Crippen LogP contribution in [0.15, 0.2) is 54.6 Å². The van der Waals surface area contributed by atoms with Gasteiger partial charge in [0.2, 0.25) is 0 Å². The summed E-state index contributed by atoms with van der Waals surface area (Å²) in [5, 5.41) is 21.5. The number of anilines is 2. The fraction of sp³-hybridized carbons (Fsp3) is 0.0952. The number of rotatable bonds is 4. The second-order valence-corrected chi connectivity index (χ2v) is 6.17. The minimum Gasteiger partial charge on any atom is -0.496 e. The van der Waals surface area contributed by atoms with E-state index in [9.17, 15) is 5.26 Å². The number of aromatic amines is 1. The van der Waals surface area contributed by atoms with Gasteiger partial charge >= 0.3 is 0 Å². The molecule has 0 spiro atoms. The number of nitrogens with zero attached hydrogens (tertiary/aromatic N) is 3. The molecule has 0 aliphatic heterocycles. The summed E-state index contributed by atoms with van der Waals surface area (Å²) < 4.78 is 5.54. The van der Waals surface area contributed by atoms with Gasteiger partial charge in [-0.25, -0.2) is 4.98 Å². The lowest BCUT2D eigenvalue weighted by atomic mass is 10.0. The molecule has 2 aromatic carbocycles. The molecule has 2 heterocycles. The first-order chi connectivity index (χ1) is 13.2. The van der Waals surface area contributed by atoms with Crippen LogP contribution in [-0.2, 0) is 0 Å². The van der Waals surface area contributed by atoms with Crippen molar-refractivity contribution in [3.05, 3.63) is 65.9 Å². The third-order valence-electron chi connectivity index (χ3n) is 4.28. The van der Waals surface area contributed by atoms with Gasteiger partial charge in [0.15, 0.2) is 5.82 Å². The van der Waals surface area contributed by atoms with Gasteiger partial charge in [-0.1, -0.05) is 24.3 Å². The Morgan fingerprint density at radius 1 is 1.04 bits per heavy atom. The van der Waals surface area contributed by atoms with Crippen LogP contribution in [0.5, 0.6) is 5.75 Å². The maximum absolute atomic E-state index is 9.24. The first-order valence-electron chi connectivity index (χ1n) is 8.45. The third kappa shape index (κ3) is 3.18. The lowest BCUT2D eigenvalue weighted by molar-refractivity contribution is 0.420. The molecule has 2 aromatic heterocycles. The monoisotopic (exact) mass is 355 g/mol. The van der Waals surface area contributed by atoms with Gasteiger partial charge in [-0.15, -0.1) is 0 Å². The molecule has 27 heavy (non-hydrogen) atoms. The van der Waals surface area contributed by atoms with E-state index in [0.717, 1.165) is 33.5 Å². The molecule has 0 saturated heterocycles. The molecule has 4 aromatic rings. The van der Waals surface area contributed by atoms with Crippen molar-refractivity contribution in [1.82, 2.24) is 15.2 Å². The highest BCUT2D eigenvalue weighted by molar-refractivity contribution is 6.00. The summed E-state index contributed by atoms with van der Waals surface area (Å²) >= 11 is 0. The summed E-state index contributed by atoms with van der Waals surface area (Å²) in [4.78, 5) is 4.80. The zero-order valence-corrected chi connectivity index (χ0v) is 14.9. The van der Waals surface area contributed by atoms with Crippen LogP contribution in [0.25, 0.3) is 22.0 Å². The zero-order chi connectivity index (χ0) is 18.8. The van der Waals surface area contributed by atoms with Crippen molar-refractivity contribution in [3.63, 3.8) is 0 Å². The van der Waals surface area contributed by atoms with Crippen molar-refractivity contribution in [2.45, 2.75) is 6.92 Å². The third-order valence-corrected chi connectivity index (χ3v) is 4.28. The number of hydrogen-bond donors (Lipinski definition) is 2. The van der Waals surface area contributed by atoms with E-state index in [2.05, 4.69) is 21.6 Å². The van der Waals surface area contributed by atoms with Crippen LogP contribution >= 0.6 is 0 Å². The van der Waals surface area contributed by atoms with Crippen molar-refractivity contribution in [2.75, 3.05) is 12.4 Å². The van der Waals surface area contributed by atoms with Crippen molar-refractivity contribution in [3.8, 4) is 23.1 Å². The summed E-state index contributed by atoms with van der Waals surface area (Å²) in [6.45, 7) is 1.94. The molecule has 0 aliphatic rings. The number of aryl methyl sites for hydroxylation is 1. The molecule has 0 bridgehead atoms. The maximum Gasteiger partial charge on any atom is 0.153 e. The zero-order valence-electron chi connectivity index (χ0n) is 14.9. The van der Waals surface area contributed by atoms with Crippen molar-refractivity contribution >= 4 is 22.4 Å². The minimum absolute atomic E-state index is 0.589. The predicted octanol–water partition coefficient (Wildman–Crippen LogP) is 4.56. The number of fused-ring (bicyclic) bond motifs is 1. The molecule has 6 heteroatoms. The Labute approximate surface area is 156 Å². The standard InChI is InChI=1S/C21H17N5O/c1-13-9-20(26-25-13)23-19-11-17-16(7-4-8-18(17)27-2)21(24-19)15-6-3-5-14(10-15)12-22/h3-11H,1-2H3,(H2,23,24,25,26). The van der Waals surface area contributed by atoms with Crippen LogP contribution in [0.4, 0.5) is 11.6 Å². The Morgan fingerprint density at radius 3 is 2.63 bits per heavy atom. The van der Waals surface area contributed by atoms with E-state index in [0.29, 0.717) is 17.2 Å². The van der Waals surface area contributed by atoms with Crippen molar-refractivity contribution < 1.29 is 4.74 Å². The number of pyridine rings is 1. The molecule has 6 nitrogen and oxygen atoms in total. The largest absolute Gasteiger partial charge is 0.496 e. The minimum atomic E-state index is 0.589. The number of H-pyrrole nitrogens is 1. The maximum atomic E-state index is 9.24. The van der Waals surface area contributed by atoms with Crippen LogP contribution in [0.3, 0.4) is 0 Å². The van der Waals surface area contributed by atoms with Gasteiger partial charge in [0, 0.05) is 28.1 Å². The molecular weight excluding hydrogens is 338 g/mol. The molecule has 0 radical (unpaired) electrons. The molecule has 0 unspecified atom stereocenters. The SMILES string of the molecule is COc1cccc2c(-c3cccc(C#N)c3)nc(Nc3cc(C)[nH]n3)cc12. The number of methoxy groups -OCH3 is 1. The smallest absolute Gasteiger partial charge is 0.153 e. The highest BCUT2D eigenvalue weighted by atomic mass is 16.5. The van der Waals surface area contributed by atoms with Gasteiger partial charge in [-0.3, -0.25) is 5.10 Å². The normalized spacial score (nSPS) is 10.6. The highest BCUT2D eigenvalue weighted by Gasteiger charge is 2.13. The Hall–Kier alpha value is -3.85. The molecular formula is C21H17N5O. The van der Waals surface area contributed by atoms with Gasteiger partial charge in [-0.05, 0) is 31.2 Å². The number of aromatic nitrogens is 3. The summed E-state index contributed by atoms with van der Waals surface area (Å²) in [5.41, 5.74) is 3.19.